The van der Waals surface area contributed by atoms with Gasteiger partial charge in [0.2, 0.25) is 0 Å². The largest absolute Gasteiger partial charge is 0.509 e. The summed E-state index contributed by atoms with van der Waals surface area (Å²) >= 11 is 0. The molecule has 1 aliphatic rings. The molecule has 7 aromatic carbocycles. The Bertz CT molecular complexity index is 3550. The maximum absolute atomic E-state index is 9.00. The van der Waals surface area contributed by atoms with Gasteiger partial charge in [0.1, 0.15) is 5.82 Å². The van der Waals surface area contributed by atoms with Crippen LogP contribution >= 0.6 is 0 Å². The third-order valence-corrected chi connectivity index (χ3v) is 11.5. The Hall–Kier alpha value is -6.55. The number of aryl methyl sites for hydroxylation is 2. The van der Waals surface area contributed by atoms with E-state index < -0.39 is 11.8 Å². The molecule has 0 saturated heterocycles. The van der Waals surface area contributed by atoms with E-state index in [-0.39, 0.29) is 21.1 Å². The van der Waals surface area contributed by atoms with E-state index in [9.17, 15) is 0 Å². The van der Waals surface area contributed by atoms with Gasteiger partial charge in [0, 0.05) is 52.7 Å². The maximum atomic E-state index is 9.00. The molecule has 61 heavy (non-hydrogen) atoms. The first kappa shape index (κ1) is 36.3. The molecule has 6 heteroatoms. The third kappa shape index (κ3) is 6.60. The van der Waals surface area contributed by atoms with E-state index in [4.69, 9.17) is 12.5 Å². The Morgan fingerprint density at radius 1 is 0.639 bits per heavy atom. The summed E-state index contributed by atoms with van der Waals surface area (Å²) in [5.41, 5.74) is 8.24. The van der Waals surface area contributed by atoms with Crippen LogP contribution in [-0.4, -0.2) is 14.1 Å². The minimum absolute atomic E-state index is 0. The molecular weight excluding hydrogens is 928 g/mol. The normalized spacial score (nSPS) is 13.1. The quantitative estimate of drug-likeness (QED) is 0.161. The molecule has 0 amide bonds. The number of ether oxygens (including phenoxy) is 1. The van der Waals surface area contributed by atoms with Crippen LogP contribution in [0.3, 0.4) is 0 Å². The minimum Gasteiger partial charge on any atom is -0.509 e. The Morgan fingerprint density at radius 3 is 2.13 bits per heavy atom. The molecule has 0 fully saturated rings. The van der Waals surface area contributed by atoms with E-state index in [1.165, 1.54) is 38.1 Å². The first-order valence-corrected chi connectivity index (χ1v) is 20.5. The molecule has 302 valence electrons. The number of nitrogens with zero attached hydrogens (tertiary/aromatic N) is 4. The van der Waals surface area contributed by atoms with Crippen LogP contribution in [-0.2, 0) is 27.4 Å². The molecule has 0 N–H and O–H groups in total. The Balaban J connectivity index is 0.00000471. The third-order valence-electron chi connectivity index (χ3n) is 11.5. The van der Waals surface area contributed by atoms with Gasteiger partial charge >= 0.3 is 0 Å². The van der Waals surface area contributed by atoms with Gasteiger partial charge in [-0.15, -0.1) is 35.7 Å². The molecule has 0 bridgehead atoms. The van der Waals surface area contributed by atoms with Crippen molar-refractivity contribution < 1.29 is 28.5 Å². The second-order valence-corrected chi connectivity index (χ2v) is 16.8. The molecule has 0 unspecified atom stereocenters. The van der Waals surface area contributed by atoms with E-state index >= 15 is 0 Å². The fraction of sp³-hybridized carbons (Fsp3) is 0.127. The second kappa shape index (κ2) is 14.9. The monoisotopic (exact) mass is 972 g/mol. The number of para-hydroxylation sites is 3. The standard InChI is InChI=1S/C55H43N4O.Pt/c1-35-23-25-43-41-16-6-7-17-42(41)46-20-12-22-50-54(46)58(53-36(2)13-10-19-47(53)48(43)29-35)34-57(50)38-14-11-15-39(31-38)60-40-24-26-45-44-18-8-9-21-49(44)59(51(45)32-40)52-30-37(27-28-56-52)33-55(3,4)5;/h6-30,34H,33H2,1-5H3;/q-3;/i33D2;. The van der Waals surface area contributed by atoms with Crippen molar-refractivity contribution in [3.63, 3.8) is 0 Å². The topological polar surface area (TPSA) is 35.2 Å². The van der Waals surface area contributed by atoms with Crippen molar-refractivity contribution in [2.24, 2.45) is 5.41 Å². The van der Waals surface area contributed by atoms with Gasteiger partial charge < -0.3 is 18.8 Å². The molecule has 10 aromatic rings. The Labute approximate surface area is 373 Å². The van der Waals surface area contributed by atoms with Crippen LogP contribution in [0.25, 0.3) is 71.0 Å². The smallest absolute Gasteiger partial charge is 0.135 e. The summed E-state index contributed by atoms with van der Waals surface area (Å²) in [6.45, 7) is 12.3. The Kier molecular flexibility index (Phi) is 8.85. The van der Waals surface area contributed by atoms with E-state index in [0.29, 0.717) is 22.9 Å². The maximum Gasteiger partial charge on any atom is 0.135 e. The van der Waals surface area contributed by atoms with Crippen molar-refractivity contribution in [2.45, 2.75) is 41.0 Å². The van der Waals surface area contributed by atoms with Gasteiger partial charge in [-0.05, 0) is 105 Å². The summed E-state index contributed by atoms with van der Waals surface area (Å²) in [5.74, 6) is 1.70. The predicted molar refractivity (Wildman–Crippen MR) is 249 cm³/mol. The fourth-order valence-corrected chi connectivity index (χ4v) is 9.04. The zero-order valence-corrected chi connectivity index (χ0v) is 36.8. The van der Waals surface area contributed by atoms with Crippen LogP contribution in [0.4, 0.5) is 11.4 Å². The molecule has 11 rings (SSSR count). The predicted octanol–water partition coefficient (Wildman–Crippen LogP) is 14.4. The van der Waals surface area contributed by atoms with Crippen LogP contribution in [0.5, 0.6) is 11.5 Å². The molecule has 1 aliphatic heterocycles. The molecule has 0 aliphatic carbocycles. The van der Waals surface area contributed by atoms with Crippen LogP contribution in [0.15, 0.2) is 152 Å². The Morgan fingerprint density at radius 2 is 1.31 bits per heavy atom. The summed E-state index contributed by atoms with van der Waals surface area (Å²) in [7, 11) is 0. The number of rotatable bonds is 5. The summed E-state index contributed by atoms with van der Waals surface area (Å²) in [6, 6.07) is 57.7. The molecule has 0 spiro atoms. The van der Waals surface area contributed by atoms with Gasteiger partial charge in [0.25, 0.3) is 0 Å². The average Bonchev–Trinajstić information content (AvgIpc) is 3.83. The van der Waals surface area contributed by atoms with Gasteiger partial charge in [-0.2, -0.15) is 12.1 Å². The summed E-state index contributed by atoms with van der Waals surface area (Å²) in [5, 5.41) is 9.19. The zero-order valence-electron chi connectivity index (χ0n) is 36.5. The molecule has 0 radical (unpaired) electrons. The summed E-state index contributed by atoms with van der Waals surface area (Å²) < 4.78 is 29.1. The van der Waals surface area contributed by atoms with Crippen LogP contribution in [0.2, 0.25) is 0 Å². The van der Waals surface area contributed by atoms with Crippen molar-refractivity contribution in [3.8, 4) is 17.3 Å². The number of benzene rings is 7. The fourth-order valence-electron chi connectivity index (χ4n) is 9.04. The van der Waals surface area contributed by atoms with Crippen molar-refractivity contribution in [3.05, 3.63) is 187 Å². The van der Waals surface area contributed by atoms with E-state index in [1.807, 2.05) is 57.2 Å². The van der Waals surface area contributed by atoms with Gasteiger partial charge in [-0.3, -0.25) is 0 Å². The number of fused-ring (bicyclic) bond motifs is 10. The summed E-state index contributed by atoms with van der Waals surface area (Å²) in [4.78, 5) is 6.98. The van der Waals surface area contributed by atoms with Gasteiger partial charge in [-0.25, -0.2) is 4.98 Å². The first-order chi connectivity index (χ1) is 30.0. The molecule has 0 atom stereocenters. The number of pyridine rings is 1. The molecule has 5 nitrogen and oxygen atoms in total. The molecule has 4 heterocycles. The van der Waals surface area contributed by atoms with Gasteiger partial charge in [0.05, 0.1) is 0 Å². The number of hydrogen-bond acceptors (Lipinski definition) is 3. The van der Waals surface area contributed by atoms with Crippen LogP contribution < -0.4 is 9.64 Å². The van der Waals surface area contributed by atoms with Gasteiger partial charge in [0.15, 0.2) is 0 Å². The average molecular weight is 973 g/mol. The number of aromatic nitrogens is 3. The number of hydrogen-bond donors (Lipinski definition) is 0. The minimum atomic E-state index is -1.58. The van der Waals surface area contributed by atoms with Crippen LogP contribution in [0.1, 0.15) is 40.2 Å². The van der Waals surface area contributed by atoms with Crippen molar-refractivity contribution >= 4 is 76.5 Å². The summed E-state index contributed by atoms with van der Waals surface area (Å²) in [6.07, 6.45) is 0.110. The molecular formula is C55H43N4OPt-3. The molecule has 3 aromatic heterocycles. The van der Waals surface area contributed by atoms with Crippen molar-refractivity contribution in [1.29, 1.82) is 0 Å². The first-order valence-electron chi connectivity index (χ1n) is 21.5. The number of anilines is 2. The van der Waals surface area contributed by atoms with Gasteiger partial charge in [-0.1, -0.05) is 140 Å². The zero-order chi connectivity index (χ0) is 42.5. The molecule has 0 saturated carbocycles. The van der Waals surface area contributed by atoms with Crippen molar-refractivity contribution in [1.82, 2.24) is 14.1 Å². The van der Waals surface area contributed by atoms with Crippen LogP contribution in [0, 0.1) is 38.1 Å². The van der Waals surface area contributed by atoms with E-state index in [2.05, 4.69) is 150 Å². The SMILES string of the molecule is [2H]C([2H])(c1ccnc(-n2c3[c-]c(Oc4[c-]c(N5[CH-]n6c7c(C)cccc7c7cc(C)ccc7c7ccccc7c7cccc5c76)ccc4)ccc3c3ccccc32)c1)C(C)(C)C.[Pt]. The van der Waals surface area contributed by atoms with E-state index in [1.54, 1.807) is 12.3 Å². The van der Waals surface area contributed by atoms with E-state index in [0.717, 1.165) is 49.6 Å². The second-order valence-electron chi connectivity index (χ2n) is 16.8. The van der Waals surface area contributed by atoms with Crippen molar-refractivity contribution in [2.75, 3.05) is 4.90 Å².